The summed E-state index contributed by atoms with van der Waals surface area (Å²) in [5, 5.41) is 11.2. The molecule has 0 saturated heterocycles. The summed E-state index contributed by atoms with van der Waals surface area (Å²) in [5.74, 6) is 0.955. The minimum atomic E-state index is -0.318. The van der Waals surface area contributed by atoms with Gasteiger partial charge in [-0.1, -0.05) is 17.3 Å². The van der Waals surface area contributed by atoms with Crippen LogP contribution in [0.5, 0.6) is 0 Å². The van der Waals surface area contributed by atoms with Crippen molar-refractivity contribution < 1.29 is 9.32 Å². The Labute approximate surface area is 131 Å². The van der Waals surface area contributed by atoms with E-state index in [1.807, 2.05) is 36.6 Å². The first kappa shape index (κ1) is 14.3. The van der Waals surface area contributed by atoms with Crippen LogP contribution in [-0.2, 0) is 0 Å². The highest BCUT2D eigenvalue weighted by atomic mass is 32.1. The van der Waals surface area contributed by atoms with Crippen LogP contribution >= 0.6 is 11.3 Å². The number of aromatic nitrogens is 2. The van der Waals surface area contributed by atoms with Crippen molar-refractivity contribution >= 4 is 28.7 Å². The topological polar surface area (TPSA) is 80.0 Å². The summed E-state index contributed by atoms with van der Waals surface area (Å²) in [6.07, 6.45) is 0. The van der Waals surface area contributed by atoms with Gasteiger partial charge in [-0.25, -0.2) is 4.79 Å². The number of hydrogen-bond donors (Lipinski definition) is 2. The fraction of sp³-hybridized carbons (Fsp3) is 0.133. The van der Waals surface area contributed by atoms with Gasteiger partial charge >= 0.3 is 6.03 Å². The van der Waals surface area contributed by atoms with Crippen LogP contribution in [0.3, 0.4) is 0 Å². The van der Waals surface area contributed by atoms with Gasteiger partial charge in [-0.3, -0.25) is 0 Å². The number of anilines is 2. The van der Waals surface area contributed by atoms with E-state index in [1.165, 1.54) is 11.3 Å². The van der Waals surface area contributed by atoms with Gasteiger partial charge < -0.3 is 15.2 Å². The molecule has 112 valence electrons. The molecular formula is C15H14N4O2S. The molecule has 6 nitrogen and oxygen atoms in total. The number of carbonyl (C=O) groups excluding carboxylic acids is 1. The van der Waals surface area contributed by atoms with Crippen LogP contribution in [0.1, 0.15) is 11.4 Å². The van der Waals surface area contributed by atoms with E-state index in [4.69, 9.17) is 4.52 Å². The van der Waals surface area contributed by atoms with Crippen molar-refractivity contribution in [2.45, 2.75) is 13.8 Å². The molecule has 0 aliphatic carbocycles. The summed E-state index contributed by atoms with van der Waals surface area (Å²) in [5.41, 5.74) is 2.46. The Bertz CT molecular complexity index is 809. The van der Waals surface area contributed by atoms with E-state index in [0.29, 0.717) is 17.4 Å². The molecule has 0 atom stereocenters. The van der Waals surface area contributed by atoms with Crippen LogP contribution < -0.4 is 10.6 Å². The summed E-state index contributed by atoms with van der Waals surface area (Å²) in [7, 11) is 0. The third kappa shape index (κ3) is 3.15. The normalized spacial score (nSPS) is 10.5. The van der Waals surface area contributed by atoms with Crippen molar-refractivity contribution in [3.05, 3.63) is 47.1 Å². The molecule has 0 spiro atoms. The van der Waals surface area contributed by atoms with Crippen molar-refractivity contribution in [3.63, 3.8) is 0 Å². The van der Waals surface area contributed by atoms with Crippen LogP contribution in [0.4, 0.5) is 16.2 Å². The third-order valence-corrected chi connectivity index (χ3v) is 3.81. The average Bonchev–Trinajstić information content (AvgIpc) is 3.07. The minimum absolute atomic E-state index is 0.318. The Morgan fingerprint density at radius 3 is 2.82 bits per heavy atom. The van der Waals surface area contributed by atoms with Gasteiger partial charge in [0.25, 0.3) is 5.89 Å². The molecule has 22 heavy (non-hydrogen) atoms. The molecule has 3 aromatic rings. The first-order valence-corrected chi connectivity index (χ1v) is 7.52. The average molecular weight is 314 g/mol. The lowest BCUT2D eigenvalue weighted by molar-refractivity contribution is 0.262. The predicted molar refractivity (Wildman–Crippen MR) is 86.2 cm³/mol. The Hall–Kier alpha value is -2.67. The summed E-state index contributed by atoms with van der Waals surface area (Å²) in [4.78, 5) is 17.0. The number of thiophene rings is 1. The second-order valence-electron chi connectivity index (χ2n) is 4.76. The van der Waals surface area contributed by atoms with Gasteiger partial charge in [-0.2, -0.15) is 4.98 Å². The summed E-state index contributed by atoms with van der Waals surface area (Å²) in [6.45, 7) is 3.72. The minimum Gasteiger partial charge on any atom is -0.333 e. The fourth-order valence-electron chi connectivity index (χ4n) is 1.97. The van der Waals surface area contributed by atoms with Gasteiger partial charge in [-0.15, -0.1) is 11.3 Å². The molecule has 0 fully saturated rings. The molecule has 2 amide bonds. The molecule has 0 bridgehead atoms. The molecule has 1 aromatic carbocycles. The van der Waals surface area contributed by atoms with Crippen LogP contribution in [0.2, 0.25) is 0 Å². The molecule has 2 N–H and O–H groups in total. The van der Waals surface area contributed by atoms with Crippen molar-refractivity contribution in [3.8, 4) is 10.8 Å². The van der Waals surface area contributed by atoms with Crippen LogP contribution in [0.15, 0.2) is 40.2 Å². The zero-order valence-electron chi connectivity index (χ0n) is 12.1. The monoisotopic (exact) mass is 314 g/mol. The molecule has 2 heterocycles. The van der Waals surface area contributed by atoms with Gasteiger partial charge in [0.15, 0.2) is 5.82 Å². The SMILES string of the molecule is Cc1cccc(NC(=O)Nc2ccsc2-c2nc(C)no2)c1. The molecule has 7 heteroatoms. The number of urea groups is 1. The molecule has 0 aliphatic rings. The van der Waals surface area contributed by atoms with E-state index in [2.05, 4.69) is 20.8 Å². The molecule has 3 rings (SSSR count). The molecule has 2 aromatic heterocycles. The largest absolute Gasteiger partial charge is 0.333 e. The second-order valence-corrected chi connectivity index (χ2v) is 5.67. The van der Waals surface area contributed by atoms with Gasteiger partial charge in [0.1, 0.15) is 4.88 Å². The number of carbonyl (C=O) groups is 1. The molecule has 0 unspecified atom stereocenters. The van der Waals surface area contributed by atoms with Crippen molar-refractivity contribution in [1.29, 1.82) is 0 Å². The lowest BCUT2D eigenvalue weighted by Gasteiger charge is -2.07. The highest BCUT2D eigenvalue weighted by molar-refractivity contribution is 7.14. The number of aryl methyl sites for hydroxylation is 2. The smallest absolute Gasteiger partial charge is 0.323 e. The molecule has 0 aliphatic heterocycles. The van der Waals surface area contributed by atoms with Crippen molar-refractivity contribution in [1.82, 2.24) is 10.1 Å². The lowest BCUT2D eigenvalue weighted by atomic mass is 10.2. The number of benzene rings is 1. The Balaban J connectivity index is 1.74. The maximum absolute atomic E-state index is 12.1. The first-order valence-electron chi connectivity index (χ1n) is 6.64. The zero-order chi connectivity index (χ0) is 15.5. The number of nitrogens with zero attached hydrogens (tertiary/aromatic N) is 2. The number of nitrogens with one attached hydrogen (secondary N) is 2. The van der Waals surface area contributed by atoms with Gasteiger partial charge in [0.05, 0.1) is 5.69 Å². The maximum Gasteiger partial charge on any atom is 0.323 e. The van der Waals surface area contributed by atoms with Crippen LogP contribution in [-0.4, -0.2) is 16.2 Å². The van der Waals surface area contributed by atoms with E-state index < -0.39 is 0 Å². The van der Waals surface area contributed by atoms with Crippen LogP contribution in [0.25, 0.3) is 10.8 Å². The lowest BCUT2D eigenvalue weighted by Crippen LogP contribution is -2.19. The molecular weight excluding hydrogens is 300 g/mol. The van der Waals surface area contributed by atoms with Crippen molar-refractivity contribution in [2.24, 2.45) is 0 Å². The second kappa shape index (κ2) is 5.98. The quantitative estimate of drug-likeness (QED) is 0.764. The molecule has 0 radical (unpaired) electrons. The summed E-state index contributed by atoms with van der Waals surface area (Å²) < 4.78 is 5.14. The van der Waals surface area contributed by atoms with E-state index in [-0.39, 0.29) is 6.03 Å². The number of rotatable bonds is 3. The Morgan fingerprint density at radius 2 is 2.09 bits per heavy atom. The van der Waals surface area contributed by atoms with E-state index in [0.717, 1.165) is 16.1 Å². The highest BCUT2D eigenvalue weighted by Crippen LogP contribution is 2.32. The number of amides is 2. The highest BCUT2D eigenvalue weighted by Gasteiger charge is 2.15. The van der Waals surface area contributed by atoms with Gasteiger partial charge in [0, 0.05) is 5.69 Å². The first-order chi connectivity index (χ1) is 10.6. The van der Waals surface area contributed by atoms with E-state index in [1.54, 1.807) is 13.0 Å². The Morgan fingerprint density at radius 1 is 1.23 bits per heavy atom. The Kier molecular flexibility index (Phi) is 3.88. The fourth-order valence-corrected chi connectivity index (χ4v) is 2.74. The third-order valence-electron chi connectivity index (χ3n) is 2.91. The predicted octanol–water partition coefficient (Wildman–Crippen LogP) is 4.06. The van der Waals surface area contributed by atoms with Gasteiger partial charge in [-0.05, 0) is 43.0 Å². The van der Waals surface area contributed by atoms with Gasteiger partial charge in [0.2, 0.25) is 0 Å². The number of hydrogen-bond acceptors (Lipinski definition) is 5. The van der Waals surface area contributed by atoms with E-state index >= 15 is 0 Å². The summed E-state index contributed by atoms with van der Waals surface area (Å²) >= 11 is 1.43. The molecule has 0 saturated carbocycles. The van der Waals surface area contributed by atoms with E-state index in [9.17, 15) is 4.79 Å². The summed E-state index contributed by atoms with van der Waals surface area (Å²) in [6, 6.07) is 9.08. The maximum atomic E-state index is 12.1. The zero-order valence-corrected chi connectivity index (χ0v) is 12.9. The standard InChI is InChI=1S/C15H14N4O2S/c1-9-4-3-5-11(8-9)17-15(20)18-12-6-7-22-13(12)14-16-10(2)19-21-14/h3-8H,1-2H3,(H2,17,18,20). The van der Waals surface area contributed by atoms with Crippen molar-refractivity contribution in [2.75, 3.05) is 10.6 Å². The van der Waals surface area contributed by atoms with Crippen LogP contribution in [0, 0.1) is 13.8 Å².